The van der Waals surface area contributed by atoms with E-state index in [0.717, 1.165) is 0 Å². The maximum Gasteiger partial charge on any atom is 0.472 e. The maximum atomic E-state index is 11.9. The Morgan fingerprint density at radius 1 is 0.367 bits per heavy atom. The minimum Gasteiger partial charge on any atom is -0.263 e. The Morgan fingerprint density at radius 2 is 0.500 bits per heavy atom. The lowest BCUT2D eigenvalue weighted by Gasteiger charge is -2.97. The van der Waals surface area contributed by atoms with Gasteiger partial charge in [0.1, 0.15) is 0 Å². The monoisotopic (exact) mass is 545 g/mol. The van der Waals surface area contributed by atoms with Gasteiger partial charge in [0, 0.05) is 14.8 Å². The zero-order valence-corrected chi connectivity index (χ0v) is 15.4. The molecule has 6 aliphatic rings. The summed E-state index contributed by atoms with van der Waals surface area (Å²) in [6.45, 7) is 0. The predicted molar refractivity (Wildman–Crippen MR) is 84.8 cm³/mol. The topological polar surface area (TPSA) is 302 Å². The maximum absolute atomic E-state index is 11.9. The fourth-order valence-electron chi connectivity index (χ4n) is 8.59. The van der Waals surface area contributed by atoms with E-state index < -0.39 is 76.7 Å². The number of nitrogens with zero attached hydrogens (tertiary/aromatic N) is 7. The molecule has 0 aliphatic heterocycles. The van der Waals surface area contributed by atoms with Crippen molar-refractivity contribution in [1.29, 1.82) is 0 Å². The van der Waals surface area contributed by atoms with Crippen molar-refractivity contribution in [1.82, 2.24) is 0 Å². The highest BCUT2D eigenvalue weighted by Gasteiger charge is 3.73. The third-order valence-electron chi connectivity index (χ3n) is 8.13. The first-order chi connectivity index (χ1) is 13.6. The molecule has 0 radical (unpaired) electrons. The third kappa shape index (κ3) is 0.633. The summed E-state index contributed by atoms with van der Waals surface area (Å²) >= 11 is 0.682. The molecule has 0 atom stereocenters. The molecule has 30 heavy (non-hydrogen) atoms. The van der Waals surface area contributed by atoms with Crippen LogP contribution in [-0.2, 0) is 0 Å². The molecule has 0 aromatic rings. The molecule has 22 heteroatoms. The van der Waals surface area contributed by atoms with Gasteiger partial charge in [0.25, 0.3) is 3.42 Å². The van der Waals surface area contributed by atoms with E-state index in [9.17, 15) is 70.8 Å². The molecule has 0 saturated heterocycles. The van der Waals surface area contributed by atoms with E-state index in [-0.39, 0.29) is 0 Å². The van der Waals surface area contributed by atoms with Crippen molar-refractivity contribution in [2.75, 3.05) is 0 Å². The van der Waals surface area contributed by atoms with Crippen LogP contribution in [0.5, 0.6) is 0 Å². The molecular formula is C8IN7O14. The molecule has 6 saturated carbocycles. The minimum atomic E-state index is -4.18. The van der Waals surface area contributed by atoms with Crippen LogP contribution in [0.2, 0.25) is 0 Å². The predicted octanol–water partition coefficient (Wildman–Crippen LogP) is -2.66. The van der Waals surface area contributed by atoms with Crippen molar-refractivity contribution in [2.24, 2.45) is 0 Å². The van der Waals surface area contributed by atoms with Gasteiger partial charge in [0.2, 0.25) is 0 Å². The Morgan fingerprint density at radius 3 is 0.633 bits per heavy atom. The van der Waals surface area contributed by atoms with E-state index in [0.29, 0.717) is 22.6 Å². The zero-order chi connectivity index (χ0) is 23.0. The van der Waals surface area contributed by atoms with Crippen LogP contribution in [0.3, 0.4) is 0 Å². The molecule has 21 nitrogen and oxygen atoms in total. The van der Waals surface area contributed by atoms with Gasteiger partial charge in [0.15, 0.2) is 0 Å². The molecule has 0 unspecified atom stereocenters. The molecule has 6 aliphatic carbocycles. The van der Waals surface area contributed by atoms with Gasteiger partial charge in [-0.25, -0.2) is 0 Å². The molecule has 6 fully saturated rings. The normalized spacial score (nSPS) is 56.4. The Bertz CT molecular complexity index is 1030. The smallest absolute Gasteiger partial charge is 0.263 e. The van der Waals surface area contributed by atoms with Crippen molar-refractivity contribution < 1.29 is 34.5 Å². The van der Waals surface area contributed by atoms with Crippen molar-refractivity contribution in [3.63, 3.8) is 0 Å². The summed E-state index contributed by atoms with van der Waals surface area (Å²) in [6, 6.07) is 0. The Hall–Kier alpha value is -3.47. The van der Waals surface area contributed by atoms with Crippen molar-refractivity contribution >= 4 is 22.6 Å². The Balaban J connectivity index is 2.10. The molecule has 6 rings (SSSR count). The first kappa shape index (κ1) is 18.6. The molecule has 0 aromatic heterocycles. The van der Waals surface area contributed by atoms with Gasteiger partial charge in [-0.2, -0.15) is 0 Å². The molecule has 0 spiro atoms. The lowest BCUT2D eigenvalue weighted by molar-refractivity contribution is -1.13. The summed E-state index contributed by atoms with van der Waals surface area (Å²) in [5.74, 6) is 0. The van der Waals surface area contributed by atoms with Crippen LogP contribution in [-0.4, -0.2) is 76.7 Å². The third-order valence-corrected chi connectivity index (χ3v) is 10.5. The van der Waals surface area contributed by atoms with Gasteiger partial charge in [0.05, 0.1) is 19.7 Å². The van der Waals surface area contributed by atoms with Crippen LogP contribution in [0.15, 0.2) is 0 Å². The molecule has 0 aromatic carbocycles. The molecule has 0 N–H and O–H groups in total. The van der Waals surface area contributed by atoms with E-state index in [4.69, 9.17) is 0 Å². The first-order valence-electron chi connectivity index (χ1n) is 7.31. The van der Waals surface area contributed by atoms with Crippen molar-refractivity contribution in [3.05, 3.63) is 70.8 Å². The van der Waals surface area contributed by atoms with Gasteiger partial charge in [-0.05, 0) is 0 Å². The number of rotatable bonds is 7. The summed E-state index contributed by atoms with van der Waals surface area (Å²) in [5, 5.41) is 83.5. The standard InChI is InChI=1S/C8IN7O14/c9-1-2(10(17)18)5(13(23)24)3(1,11(19)20)7(15(27)28)4(1,12(21)22)6(2,14(25)26)8(5,7)16(29)30. The van der Waals surface area contributed by atoms with E-state index in [1.165, 1.54) is 0 Å². The molecule has 0 bridgehead atoms. The van der Waals surface area contributed by atoms with Crippen LogP contribution < -0.4 is 0 Å². The van der Waals surface area contributed by atoms with E-state index >= 15 is 0 Å². The van der Waals surface area contributed by atoms with Gasteiger partial charge >= 0.3 is 38.8 Å². The fourth-order valence-corrected chi connectivity index (χ4v) is 11.5. The van der Waals surface area contributed by atoms with Gasteiger partial charge in [-0.15, -0.1) is 0 Å². The minimum absolute atomic E-state index is 0.682. The number of halogens is 1. The summed E-state index contributed by atoms with van der Waals surface area (Å²) < 4.78 is -3.24. The second-order valence-electron chi connectivity index (χ2n) is 7.43. The van der Waals surface area contributed by atoms with Gasteiger partial charge < -0.3 is 0 Å². The SMILES string of the molecule is O=[N+]([O-])C12C3(I)C4([N+](=O)[O-])C1([N+](=O)[O-])C1([N+](=O)[O-])C2([N+](=O)[O-])C3([N+](=O)[O-])C41[N+](=O)[O-]. The average Bonchev–Trinajstić information content (AvgIpc) is 2.56. The quantitative estimate of drug-likeness (QED) is 0.136. The van der Waals surface area contributed by atoms with Crippen LogP contribution in [0, 0.1) is 70.8 Å². The zero-order valence-electron chi connectivity index (χ0n) is 13.2. The van der Waals surface area contributed by atoms with Crippen molar-refractivity contribution in [2.45, 2.75) is 42.2 Å². The number of hydrogen-bond acceptors (Lipinski definition) is 14. The first-order valence-corrected chi connectivity index (χ1v) is 8.39. The largest absolute Gasteiger partial charge is 0.472 e. The van der Waals surface area contributed by atoms with Gasteiger partial charge in [-0.1, -0.05) is 22.6 Å². The second-order valence-corrected chi connectivity index (χ2v) is 9.05. The molecule has 0 amide bonds. The molecular weight excluding hydrogens is 545 g/mol. The Labute approximate surface area is 170 Å². The highest BCUT2D eigenvalue weighted by molar-refractivity contribution is 14.1. The summed E-state index contributed by atoms with van der Waals surface area (Å²) in [7, 11) is 0. The van der Waals surface area contributed by atoms with E-state index in [1.54, 1.807) is 0 Å². The average molecular weight is 545 g/mol. The van der Waals surface area contributed by atoms with E-state index in [1.807, 2.05) is 0 Å². The highest BCUT2D eigenvalue weighted by Crippen LogP contribution is 3.15. The van der Waals surface area contributed by atoms with Crippen LogP contribution in [0.1, 0.15) is 0 Å². The summed E-state index contributed by atoms with van der Waals surface area (Å²) in [6.07, 6.45) is 0. The second kappa shape index (κ2) is 3.58. The fraction of sp³-hybridized carbons (Fsp3) is 1.00. The van der Waals surface area contributed by atoms with E-state index in [2.05, 4.69) is 0 Å². The lowest BCUT2D eigenvalue weighted by Crippen LogP contribution is -3.55. The number of nitro groups is 7. The number of alkyl halides is 1. The van der Waals surface area contributed by atoms with Crippen molar-refractivity contribution in [3.8, 4) is 0 Å². The van der Waals surface area contributed by atoms with Crippen LogP contribution in [0.25, 0.3) is 0 Å². The highest BCUT2D eigenvalue weighted by atomic mass is 127. The van der Waals surface area contributed by atoms with Gasteiger partial charge in [-0.3, -0.25) is 70.8 Å². The Kier molecular flexibility index (Phi) is 2.21. The van der Waals surface area contributed by atoms with Crippen LogP contribution >= 0.6 is 22.6 Å². The summed E-state index contributed by atoms with van der Waals surface area (Å²) in [5.41, 5.74) is -27.7. The lowest BCUT2D eigenvalue weighted by atomic mass is 8.83. The number of hydrogen-bond donors (Lipinski definition) is 0. The van der Waals surface area contributed by atoms with Crippen LogP contribution in [0.4, 0.5) is 0 Å². The summed E-state index contributed by atoms with van der Waals surface area (Å²) in [4.78, 5) is 70.8. The molecule has 158 valence electrons. The molecule has 0 heterocycles.